The van der Waals surface area contributed by atoms with E-state index in [1.807, 2.05) is 12.1 Å². The third-order valence-electron chi connectivity index (χ3n) is 5.72. The molecule has 2 aromatic rings. The summed E-state index contributed by atoms with van der Waals surface area (Å²) in [5.74, 6) is 1.99. The summed E-state index contributed by atoms with van der Waals surface area (Å²) in [5.41, 5.74) is 0.730. The Balaban J connectivity index is 1.35. The monoisotopic (exact) mass is 374 g/mol. The van der Waals surface area contributed by atoms with Crippen molar-refractivity contribution in [3.8, 4) is 11.5 Å². The Morgan fingerprint density at radius 3 is 2.69 bits per heavy atom. The normalized spacial score (nSPS) is 29.7. The molecule has 1 aromatic heterocycles. The van der Waals surface area contributed by atoms with Crippen molar-refractivity contribution < 1.29 is 14.2 Å². The Labute approximate surface area is 156 Å². The maximum Gasteiger partial charge on any atom is 0.291 e. The molecule has 1 atom stereocenters. The Kier molecular flexibility index (Phi) is 3.72. The van der Waals surface area contributed by atoms with Gasteiger partial charge in [-0.05, 0) is 25.9 Å². The minimum Gasteiger partial charge on any atom is -0.493 e. The van der Waals surface area contributed by atoms with Crippen LogP contribution in [-0.4, -0.2) is 61.9 Å². The molecule has 0 saturated carbocycles. The average Bonchev–Trinajstić information content (AvgIpc) is 3.24. The number of hydrogen-bond donors (Lipinski definition) is 1. The van der Waals surface area contributed by atoms with Crippen LogP contribution in [0.15, 0.2) is 17.1 Å². The fourth-order valence-electron chi connectivity index (χ4n) is 4.35. The van der Waals surface area contributed by atoms with E-state index in [0.717, 1.165) is 28.4 Å². The minimum atomic E-state index is -0.137. The number of aromatic nitrogens is 1. The average molecular weight is 374 g/mol. The standard InChI is InChI=1S/C18H22N4O3S/c1-23-13-7-12-15(8-14(13)24-2)26-17(20-12)21-16-19-9-18(25-16)10-22-5-3-11(18)4-6-22/h7-8,11H,3-6,9-10H2,1-2H3,(H,19,20,21). The van der Waals surface area contributed by atoms with Crippen molar-refractivity contribution in [2.75, 3.05) is 45.7 Å². The molecule has 7 nitrogen and oxygen atoms in total. The van der Waals surface area contributed by atoms with Gasteiger partial charge in [-0.15, -0.1) is 0 Å². The quantitative estimate of drug-likeness (QED) is 0.891. The van der Waals surface area contributed by atoms with Gasteiger partial charge in [-0.25, -0.2) is 9.98 Å². The zero-order valence-corrected chi connectivity index (χ0v) is 15.8. The van der Waals surface area contributed by atoms with Crippen molar-refractivity contribution in [3.05, 3.63) is 12.1 Å². The number of thiazole rings is 1. The predicted molar refractivity (Wildman–Crippen MR) is 102 cm³/mol. The number of nitrogens with zero attached hydrogens (tertiary/aromatic N) is 3. The van der Waals surface area contributed by atoms with Gasteiger partial charge in [-0.3, -0.25) is 10.2 Å². The molecule has 1 N–H and O–H groups in total. The summed E-state index contributed by atoms with van der Waals surface area (Å²) in [5, 5.41) is 4.04. The van der Waals surface area contributed by atoms with Gasteiger partial charge in [0.15, 0.2) is 16.6 Å². The van der Waals surface area contributed by atoms with E-state index < -0.39 is 0 Å². The van der Waals surface area contributed by atoms with Crippen LogP contribution in [0.3, 0.4) is 0 Å². The van der Waals surface area contributed by atoms with Crippen LogP contribution in [0, 0.1) is 5.92 Å². The SMILES string of the molecule is COc1cc2nc(NC3=NCC4(CN5CCC4CC5)O3)sc2cc1OC. The van der Waals surface area contributed by atoms with E-state index in [1.165, 1.54) is 25.9 Å². The largest absolute Gasteiger partial charge is 0.493 e. The lowest BCUT2D eigenvalue weighted by Crippen LogP contribution is -2.61. The molecular weight excluding hydrogens is 352 g/mol. The minimum absolute atomic E-state index is 0.137. The lowest BCUT2D eigenvalue weighted by molar-refractivity contribution is -0.0829. The zero-order chi connectivity index (χ0) is 17.7. The maximum atomic E-state index is 6.33. The number of hydrogen-bond acceptors (Lipinski definition) is 8. The molecule has 1 unspecified atom stereocenters. The summed E-state index contributed by atoms with van der Waals surface area (Å²) < 4.78 is 18.1. The molecule has 0 radical (unpaired) electrons. The molecule has 2 bridgehead atoms. The number of amidine groups is 1. The van der Waals surface area contributed by atoms with Gasteiger partial charge < -0.3 is 14.2 Å². The molecule has 26 heavy (non-hydrogen) atoms. The van der Waals surface area contributed by atoms with Crippen LogP contribution in [0.1, 0.15) is 12.8 Å². The Morgan fingerprint density at radius 2 is 2.00 bits per heavy atom. The third kappa shape index (κ3) is 2.51. The molecular formula is C18H22N4O3S. The van der Waals surface area contributed by atoms with Crippen LogP contribution in [0.4, 0.5) is 5.13 Å². The first-order chi connectivity index (χ1) is 12.7. The van der Waals surface area contributed by atoms with Crippen molar-refractivity contribution in [3.63, 3.8) is 0 Å². The first-order valence-electron chi connectivity index (χ1n) is 8.94. The molecule has 4 aliphatic rings. The van der Waals surface area contributed by atoms with E-state index in [0.29, 0.717) is 23.4 Å². The van der Waals surface area contributed by atoms with Gasteiger partial charge in [0.2, 0.25) is 0 Å². The predicted octanol–water partition coefficient (Wildman–Crippen LogP) is 2.58. The lowest BCUT2D eigenvalue weighted by Gasteiger charge is -2.50. The molecule has 3 saturated heterocycles. The van der Waals surface area contributed by atoms with E-state index in [9.17, 15) is 0 Å². The Bertz CT molecular complexity index is 834. The van der Waals surface area contributed by atoms with Gasteiger partial charge in [0.05, 0.1) is 31.0 Å². The van der Waals surface area contributed by atoms with Crippen LogP contribution in [0.25, 0.3) is 10.2 Å². The van der Waals surface area contributed by atoms with Crippen molar-refractivity contribution >= 4 is 32.7 Å². The van der Waals surface area contributed by atoms with Gasteiger partial charge in [-0.1, -0.05) is 11.3 Å². The second-order valence-electron chi connectivity index (χ2n) is 7.16. The molecule has 0 aliphatic carbocycles. The number of fused-ring (bicyclic) bond motifs is 3. The number of nitrogens with one attached hydrogen (secondary N) is 1. The number of aliphatic imine (C=N–C) groups is 1. The first kappa shape index (κ1) is 16.1. The number of anilines is 1. The highest BCUT2D eigenvalue weighted by Gasteiger charge is 2.51. The fraction of sp³-hybridized carbons (Fsp3) is 0.556. The molecule has 5 heterocycles. The molecule has 0 amide bonds. The molecule has 138 valence electrons. The topological polar surface area (TPSA) is 68.2 Å². The van der Waals surface area contributed by atoms with Gasteiger partial charge in [0.25, 0.3) is 6.02 Å². The molecule has 3 fully saturated rings. The van der Waals surface area contributed by atoms with Crippen molar-refractivity contribution in [2.45, 2.75) is 18.4 Å². The van der Waals surface area contributed by atoms with Gasteiger partial charge in [0, 0.05) is 24.6 Å². The molecule has 4 aliphatic heterocycles. The number of methoxy groups -OCH3 is 2. The second kappa shape index (κ2) is 5.99. The zero-order valence-electron chi connectivity index (χ0n) is 14.9. The van der Waals surface area contributed by atoms with Crippen LogP contribution in [0.2, 0.25) is 0 Å². The number of rotatable bonds is 3. The van der Waals surface area contributed by atoms with Crippen LogP contribution in [-0.2, 0) is 4.74 Å². The van der Waals surface area contributed by atoms with Crippen LogP contribution in [0.5, 0.6) is 11.5 Å². The van der Waals surface area contributed by atoms with Crippen molar-refractivity contribution in [2.24, 2.45) is 10.9 Å². The summed E-state index contributed by atoms with van der Waals surface area (Å²) >= 11 is 1.55. The van der Waals surface area contributed by atoms with E-state index in [1.54, 1.807) is 25.6 Å². The number of piperidine rings is 3. The molecule has 1 spiro atoms. The molecule has 6 rings (SSSR count). The van der Waals surface area contributed by atoms with E-state index >= 15 is 0 Å². The number of ether oxygens (including phenoxy) is 3. The highest BCUT2D eigenvalue weighted by atomic mass is 32.1. The second-order valence-corrected chi connectivity index (χ2v) is 8.19. The van der Waals surface area contributed by atoms with Crippen LogP contribution < -0.4 is 14.8 Å². The fourth-order valence-corrected chi connectivity index (χ4v) is 5.21. The molecule has 8 heteroatoms. The van der Waals surface area contributed by atoms with Crippen LogP contribution >= 0.6 is 11.3 Å². The smallest absolute Gasteiger partial charge is 0.291 e. The van der Waals surface area contributed by atoms with Gasteiger partial charge >= 0.3 is 0 Å². The summed E-state index contributed by atoms with van der Waals surface area (Å²) in [6.45, 7) is 4.11. The highest BCUT2D eigenvalue weighted by molar-refractivity contribution is 7.22. The summed E-state index contributed by atoms with van der Waals surface area (Å²) in [7, 11) is 3.27. The number of benzene rings is 1. The van der Waals surface area contributed by atoms with E-state index in [-0.39, 0.29) is 5.60 Å². The summed E-state index contributed by atoms with van der Waals surface area (Å²) in [6.07, 6.45) is 2.42. The van der Waals surface area contributed by atoms with E-state index in [2.05, 4.69) is 20.2 Å². The van der Waals surface area contributed by atoms with Crippen molar-refractivity contribution in [1.82, 2.24) is 9.88 Å². The summed E-state index contributed by atoms with van der Waals surface area (Å²) in [4.78, 5) is 11.8. The maximum absolute atomic E-state index is 6.33. The third-order valence-corrected chi connectivity index (χ3v) is 6.65. The summed E-state index contributed by atoms with van der Waals surface area (Å²) in [6, 6.07) is 4.43. The lowest BCUT2D eigenvalue weighted by atomic mass is 9.75. The van der Waals surface area contributed by atoms with E-state index in [4.69, 9.17) is 14.2 Å². The Morgan fingerprint density at radius 1 is 1.23 bits per heavy atom. The van der Waals surface area contributed by atoms with Gasteiger partial charge in [0.1, 0.15) is 5.60 Å². The van der Waals surface area contributed by atoms with Gasteiger partial charge in [-0.2, -0.15) is 0 Å². The van der Waals surface area contributed by atoms with Crippen molar-refractivity contribution in [1.29, 1.82) is 0 Å². The first-order valence-corrected chi connectivity index (χ1v) is 9.76. The highest BCUT2D eigenvalue weighted by Crippen LogP contribution is 2.41. The molecule has 1 aromatic carbocycles. The Hall–Kier alpha value is -2.06.